The van der Waals surface area contributed by atoms with Crippen LogP contribution >= 0.6 is 0 Å². The van der Waals surface area contributed by atoms with Gasteiger partial charge in [0.1, 0.15) is 0 Å². The number of nitrogens with one attached hydrogen (secondary N) is 2. The lowest BCUT2D eigenvalue weighted by Gasteiger charge is -2.12. The molecule has 2 N–H and O–H groups in total. The number of ether oxygens (including phenoxy) is 2. The van der Waals surface area contributed by atoms with Crippen molar-refractivity contribution in [3.8, 4) is 11.5 Å². The molecule has 0 radical (unpaired) electrons. The van der Waals surface area contributed by atoms with Crippen molar-refractivity contribution in [1.82, 2.24) is 10.0 Å². The third-order valence-electron chi connectivity index (χ3n) is 4.33. The Balaban J connectivity index is 1.88. The van der Waals surface area contributed by atoms with Crippen LogP contribution in [0.25, 0.3) is 6.08 Å². The summed E-state index contributed by atoms with van der Waals surface area (Å²) >= 11 is 0. The monoisotopic (exact) mass is 460 g/mol. The molecule has 2 aromatic carbocycles. The Morgan fingerprint density at radius 2 is 1.66 bits per heavy atom. The first-order valence-electron chi connectivity index (χ1n) is 10.7. The van der Waals surface area contributed by atoms with Gasteiger partial charge in [0, 0.05) is 18.7 Å². The molecule has 0 saturated heterocycles. The molecule has 1 amide bonds. The molecule has 0 aliphatic carbocycles. The van der Waals surface area contributed by atoms with Crippen molar-refractivity contribution in [2.75, 3.05) is 19.8 Å². The van der Waals surface area contributed by atoms with E-state index in [2.05, 4.69) is 10.0 Å². The molecule has 174 valence electrons. The fraction of sp³-hybridized carbons (Fsp3) is 0.375. The first kappa shape index (κ1) is 25.4. The van der Waals surface area contributed by atoms with E-state index in [9.17, 15) is 13.2 Å². The van der Waals surface area contributed by atoms with Gasteiger partial charge < -0.3 is 14.8 Å². The predicted molar refractivity (Wildman–Crippen MR) is 126 cm³/mol. The molecular formula is C24H32N2O5S. The molecule has 0 aromatic heterocycles. The molecule has 0 atom stereocenters. The van der Waals surface area contributed by atoms with Crippen LogP contribution in [0, 0.1) is 0 Å². The molecule has 8 heteroatoms. The molecule has 0 saturated carbocycles. The highest BCUT2D eigenvalue weighted by Gasteiger charge is 2.14. The Labute approximate surface area is 190 Å². The van der Waals surface area contributed by atoms with Gasteiger partial charge in [0.25, 0.3) is 0 Å². The molecule has 2 rings (SSSR count). The maximum Gasteiger partial charge on any atom is 0.244 e. The summed E-state index contributed by atoms with van der Waals surface area (Å²) in [6.45, 7) is 8.96. The summed E-state index contributed by atoms with van der Waals surface area (Å²) in [7, 11) is -3.53. The van der Waals surface area contributed by atoms with Gasteiger partial charge in [-0.05, 0) is 75.6 Å². The lowest BCUT2D eigenvalue weighted by molar-refractivity contribution is -0.116. The summed E-state index contributed by atoms with van der Waals surface area (Å²) < 4.78 is 38.0. The van der Waals surface area contributed by atoms with Crippen LogP contribution in [0.15, 0.2) is 53.4 Å². The van der Waals surface area contributed by atoms with E-state index in [0.717, 1.165) is 11.1 Å². The van der Waals surface area contributed by atoms with Crippen molar-refractivity contribution in [2.45, 2.75) is 45.1 Å². The third kappa shape index (κ3) is 8.01. The quantitative estimate of drug-likeness (QED) is 0.473. The molecule has 0 fully saturated rings. The standard InChI is InChI=1S/C24H32N2O5S/c1-5-30-22-13-9-20(17-23(22)31-6-2)15-16-25-24(27)14-10-19-7-11-21(12-8-19)32(28,29)26-18(3)4/h7-14,17-18,26H,5-6,15-16H2,1-4H3,(H,25,27)/b14-10+. The first-order chi connectivity index (χ1) is 15.2. The third-order valence-corrected chi connectivity index (χ3v) is 6.00. The van der Waals surface area contributed by atoms with Gasteiger partial charge in [-0.1, -0.05) is 18.2 Å². The van der Waals surface area contributed by atoms with E-state index in [0.29, 0.717) is 37.7 Å². The molecular weight excluding hydrogens is 428 g/mol. The summed E-state index contributed by atoms with van der Waals surface area (Å²) in [5.74, 6) is 1.19. The number of hydrogen-bond donors (Lipinski definition) is 2. The molecule has 32 heavy (non-hydrogen) atoms. The van der Waals surface area contributed by atoms with Gasteiger partial charge in [-0.3, -0.25) is 4.79 Å². The molecule has 0 spiro atoms. The van der Waals surface area contributed by atoms with Crippen molar-refractivity contribution in [3.63, 3.8) is 0 Å². The van der Waals surface area contributed by atoms with E-state index in [4.69, 9.17) is 9.47 Å². The van der Waals surface area contributed by atoms with Crippen LogP contribution in [0.5, 0.6) is 11.5 Å². The topological polar surface area (TPSA) is 93.7 Å². The number of benzene rings is 2. The fourth-order valence-electron chi connectivity index (χ4n) is 2.95. The normalized spacial score (nSPS) is 11.7. The zero-order valence-corrected chi connectivity index (χ0v) is 19.9. The average molecular weight is 461 g/mol. The highest BCUT2D eigenvalue weighted by molar-refractivity contribution is 7.89. The maximum absolute atomic E-state index is 12.2. The van der Waals surface area contributed by atoms with E-state index in [1.807, 2.05) is 32.0 Å². The van der Waals surface area contributed by atoms with Crippen LogP contribution in [0.1, 0.15) is 38.8 Å². The van der Waals surface area contributed by atoms with Gasteiger partial charge in [-0.2, -0.15) is 0 Å². The van der Waals surface area contributed by atoms with Crippen LogP contribution in [0.2, 0.25) is 0 Å². The lowest BCUT2D eigenvalue weighted by atomic mass is 10.1. The minimum atomic E-state index is -3.53. The van der Waals surface area contributed by atoms with Crippen LogP contribution in [-0.4, -0.2) is 40.1 Å². The zero-order chi connectivity index (χ0) is 23.6. The molecule has 0 unspecified atom stereocenters. The second-order valence-electron chi connectivity index (χ2n) is 7.37. The highest BCUT2D eigenvalue weighted by Crippen LogP contribution is 2.28. The van der Waals surface area contributed by atoms with Crippen molar-refractivity contribution < 1.29 is 22.7 Å². The lowest BCUT2D eigenvalue weighted by Crippen LogP contribution is -2.30. The molecule has 0 aliphatic rings. The Morgan fingerprint density at radius 3 is 2.28 bits per heavy atom. The summed E-state index contributed by atoms with van der Waals surface area (Å²) in [5.41, 5.74) is 1.77. The van der Waals surface area contributed by atoms with Crippen molar-refractivity contribution in [3.05, 3.63) is 59.7 Å². The Hall–Kier alpha value is -2.84. The predicted octanol–water partition coefficient (Wildman–Crippen LogP) is 3.54. The Morgan fingerprint density at radius 1 is 1.00 bits per heavy atom. The Kier molecular flexibility index (Phi) is 9.74. The SMILES string of the molecule is CCOc1ccc(CCNC(=O)/C=C/c2ccc(S(=O)(=O)NC(C)C)cc2)cc1OCC. The van der Waals surface area contributed by atoms with E-state index >= 15 is 0 Å². The summed E-state index contributed by atoms with van der Waals surface area (Å²) in [5, 5.41) is 2.85. The number of sulfonamides is 1. The van der Waals surface area contributed by atoms with Crippen molar-refractivity contribution >= 4 is 22.0 Å². The largest absolute Gasteiger partial charge is 0.490 e. The van der Waals surface area contributed by atoms with Crippen LogP contribution < -0.4 is 19.5 Å². The molecule has 2 aromatic rings. The summed E-state index contributed by atoms with van der Waals surface area (Å²) in [6.07, 6.45) is 3.73. The van der Waals surface area contributed by atoms with Crippen LogP contribution in [0.4, 0.5) is 0 Å². The number of carbonyl (C=O) groups excluding carboxylic acids is 1. The number of hydrogen-bond acceptors (Lipinski definition) is 5. The summed E-state index contributed by atoms with van der Waals surface area (Å²) in [4.78, 5) is 12.3. The molecule has 0 aliphatic heterocycles. The Bertz CT molecular complexity index is 1020. The zero-order valence-electron chi connectivity index (χ0n) is 19.1. The van der Waals surface area contributed by atoms with E-state index in [-0.39, 0.29) is 16.8 Å². The molecule has 7 nitrogen and oxygen atoms in total. The number of rotatable bonds is 12. The van der Waals surface area contributed by atoms with Gasteiger partial charge in [0.2, 0.25) is 15.9 Å². The maximum atomic E-state index is 12.2. The van der Waals surface area contributed by atoms with Gasteiger partial charge in [0.15, 0.2) is 11.5 Å². The second-order valence-corrected chi connectivity index (χ2v) is 9.08. The smallest absolute Gasteiger partial charge is 0.244 e. The van der Waals surface area contributed by atoms with Gasteiger partial charge in [-0.25, -0.2) is 13.1 Å². The minimum absolute atomic E-state index is 0.184. The minimum Gasteiger partial charge on any atom is -0.490 e. The van der Waals surface area contributed by atoms with E-state index in [1.165, 1.54) is 18.2 Å². The highest BCUT2D eigenvalue weighted by atomic mass is 32.2. The summed E-state index contributed by atoms with van der Waals surface area (Å²) in [6, 6.07) is 11.9. The van der Waals surface area contributed by atoms with Gasteiger partial charge >= 0.3 is 0 Å². The van der Waals surface area contributed by atoms with Gasteiger partial charge in [0.05, 0.1) is 18.1 Å². The van der Waals surface area contributed by atoms with Crippen LogP contribution in [0.3, 0.4) is 0 Å². The fourth-order valence-corrected chi connectivity index (χ4v) is 4.20. The number of amides is 1. The van der Waals surface area contributed by atoms with Crippen molar-refractivity contribution in [2.24, 2.45) is 0 Å². The first-order valence-corrected chi connectivity index (χ1v) is 12.2. The number of carbonyl (C=O) groups is 1. The molecule has 0 bridgehead atoms. The molecule has 0 heterocycles. The second kappa shape index (κ2) is 12.3. The van der Waals surface area contributed by atoms with Gasteiger partial charge in [-0.15, -0.1) is 0 Å². The van der Waals surface area contributed by atoms with E-state index in [1.54, 1.807) is 32.1 Å². The van der Waals surface area contributed by atoms with E-state index < -0.39 is 10.0 Å². The van der Waals surface area contributed by atoms with Crippen LogP contribution in [-0.2, 0) is 21.2 Å². The average Bonchev–Trinajstić information content (AvgIpc) is 2.74. The van der Waals surface area contributed by atoms with Crippen molar-refractivity contribution in [1.29, 1.82) is 0 Å².